The summed E-state index contributed by atoms with van der Waals surface area (Å²) < 4.78 is 12.0. The van der Waals surface area contributed by atoms with Crippen molar-refractivity contribution in [1.82, 2.24) is 14.8 Å². The molecule has 0 unspecified atom stereocenters. The smallest absolute Gasteiger partial charge is 0.340 e. The van der Waals surface area contributed by atoms with E-state index in [2.05, 4.69) is 22.1 Å². The van der Waals surface area contributed by atoms with Gasteiger partial charge in [0.1, 0.15) is 10.8 Å². The molecule has 2 aromatic heterocycles. The number of nitrogens with one attached hydrogen (secondary N) is 1. The number of ether oxygens (including phenoxy) is 2. The van der Waals surface area contributed by atoms with Crippen LogP contribution in [-0.4, -0.2) is 46.6 Å². The Hall–Kier alpha value is -2.82. The van der Waals surface area contributed by atoms with E-state index < -0.39 is 5.97 Å². The first kappa shape index (κ1) is 22.9. The Kier molecular flexibility index (Phi) is 7.72. The molecule has 3 rings (SSSR count). The monoisotopic (exact) mass is 478 g/mol. The lowest BCUT2D eigenvalue weighted by atomic mass is 10.2. The highest BCUT2D eigenvalue weighted by Crippen LogP contribution is 2.33. The van der Waals surface area contributed by atoms with E-state index in [4.69, 9.17) is 21.1 Å². The van der Waals surface area contributed by atoms with Crippen LogP contribution in [0.15, 0.2) is 47.5 Å². The largest absolute Gasteiger partial charge is 0.496 e. The molecule has 162 valence electrons. The number of amides is 1. The lowest BCUT2D eigenvalue weighted by molar-refractivity contribution is -0.113. The molecule has 8 nitrogen and oxygen atoms in total. The fourth-order valence-corrected chi connectivity index (χ4v) is 4.42. The second-order valence-corrected chi connectivity index (χ2v) is 8.34. The van der Waals surface area contributed by atoms with Crippen LogP contribution in [0.2, 0.25) is 5.02 Å². The molecule has 0 spiro atoms. The van der Waals surface area contributed by atoms with Crippen LogP contribution in [0, 0.1) is 0 Å². The third-order valence-corrected chi connectivity index (χ3v) is 6.12. The number of rotatable bonds is 9. The van der Waals surface area contributed by atoms with Crippen molar-refractivity contribution in [2.24, 2.45) is 0 Å². The van der Waals surface area contributed by atoms with Crippen LogP contribution in [0.1, 0.15) is 10.4 Å². The molecule has 2 heterocycles. The molecule has 31 heavy (non-hydrogen) atoms. The summed E-state index contributed by atoms with van der Waals surface area (Å²) in [4.78, 5) is 24.2. The maximum atomic E-state index is 12.4. The molecule has 0 saturated heterocycles. The molecule has 0 aliphatic carbocycles. The number of halogens is 1. The zero-order chi connectivity index (χ0) is 22.4. The van der Waals surface area contributed by atoms with Crippen LogP contribution in [0.5, 0.6) is 5.75 Å². The summed E-state index contributed by atoms with van der Waals surface area (Å²) in [5.74, 6) is 0.431. The van der Waals surface area contributed by atoms with Gasteiger partial charge in [-0.3, -0.25) is 9.36 Å². The van der Waals surface area contributed by atoms with E-state index in [1.165, 1.54) is 30.2 Å². The lowest BCUT2D eigenvalue weighted by Gasteiger charge is -2.11. The molecular weight excluding hydrogens is 460 g/mol. The summed E-state index contributed by atoms with van der Waals surface area (Å²) in [6.07, 6.45) is 1.71. The first-order valence-electron chi connectivity index (χ1n) is 8.95. The SMILES string of the molecule is C=CCn1c(SCC(=O)Nc2sccc2C(=O)OC)nnc1-c1cc(Cl)ccc1OC. The van der Waals surface area contributed by atoms with Crippen molar-refractivity contribution in [3.8, 4) is 17.1 Å². The third-order valence-electron chi connectivity index (χ3n) is 4.09. The highest BCUT2D eigenvalue weighted by Gasteiger charge is 2.20. The summed E-state index contributed by atoms with van der Waals surface area (Å²) >= 11 is 8.61. The van der Waals surface area contributed by atoms with Gasteiger partial charge in [-0.25, -0.2) is 4.79 Å². The average molecular weight is 479 g/mol. The molecular formula is C20H19ClN4O4S2. The molecule has 1 aromatic carbocycles. The van der Waals surface area contributed by atoms with E-state index in [1.54, 1.807) is 42.8 Å². The lowest BCUT2D eigenvalue weighted by Crippen LogP contribution is -2.16. The van der Waals surface area contributed by atoms with E-state index in [-0.39, 0.29) is 11.7 Å². The Morgan fingerprint density at radius 3 is 2.84 bits per heavy atom. The Morgan fingerprint density at radius 1 is 1.32 bits per heavy atom. The fourth-order valence-electron chi connectivity index (χ4n) is 2.71. The van der Waals surface area contributed by atoms with Crippen molar-refractivity contribution in [3.05, 3.63) is 52.9 Å². The average Bonchev–Trinajstić information content (AvgIpc) is 3.39. The molecule has 0 aliphatic rings. The maximum absolute atomic E-state index is 12.4. The Balaban J connectivity index is 1.78. The summed E-state index contributed by atoms with van der Waals surface area (Å²) in [7, 11) is 2.86. The molecule has 0 atom stereocenters. The number of esters is 1. The van der Waals surface area contributed by atoms with Gasteiger partial charge in [-0.15, -0.1) is 28.1 Å². The van der Waals surface area contributed by atoms with Gasteiger partial charge in [0.15, 0.2) is 11.0 Å². The van der Waals surface area contributed by atoms with Crippen LogP contribution in [0.4, 0.5) is 5.00 Å². The number of allylic oxidation sites excluding steroid dienone is 1. The van der Waals surface area contributed by atoms with Crippen LogP contribution in [0.3, 0.4) is 0 Å². The highest BCUT2D eigenvalue weighted by molar-refractivity contribution is 7.99. The number of carbonyl (C=O) groups is 2. The van der Waals surface area contributed by atoms with E-state index >= 15 is 0 Å². The van der Waals surface area contributed by atoms with E-state index in [0.717, 1.165) is 0 Å². The van der Waals surface area contributed by atoms with Crippen molar-refractivity contribution in [2.75, 3.05) is 25.3 Å². The summed E-state index contributed by atoms with van der Waals surface area (Å²) in [6, 6.07) is 6.83. The predicted molar refractivity (Wildman–Crippen MR) is 122 cm³/mol. The molecule has 0 bridgehead atoms. The van der Waals surface area contributed by atoms with Gasteiger partial charge < -0.3 is 14.8 Å². The summed E-state index contributed by atoms with van der Waals surface area (Å²) in [5.41, 5.74) is 0.998. The van der Waals surface area contributed by atoms with E-state index in [0.29, 0.717) is 44.4 Å². The molecule has 1 N–H and O–H groups in total. The predicted octanol–water partition coefficient (Wildman–Crippen LogP) is 4.37. The second kappa shape index (κ2) is 10.5. The van der Waals surface area contributed by atoms with Crippen molar-refractivity contribution in [3.63, 3.8) is 0 Å². The number of hydrogen-bond acceptors (Lipinski definition) is 8. The highest BCUT2D eigenvalue weighted by atomic mass is 35.5. The van der Waals surface area contributed by atoms with E-state index in [9.17, 15) is 9.59 Å². The van der Waals surface area contributed by atoms with Gasteiger partial charge in [0, 0.05) is 11.6 Å². The third kappa shape index (κ3) is 5.27. The van der Waals surface area contributed by atoms with Crippen LogP contribution >= 0.6 is 34.7 Å². The number of carbonyl (C=O) groups excluding carboxylic acids is 2. The molecule has 0 aliphatic heterocycles. The van der Waals surface area contributed by atoms with Crippen molar-refractivity contribution >= 4 is 51.6 Å². The number of nitrogens with zero attached hydrogens (tertiary/aromatic N) is 3. The van der Waals surface area contributed by atoms with Crippen LogP contribution in [-0.2, 0) is 16.1 Å². The van der Waals surface area contributed by atoms with Gasteiger partial charge in [-0.2, -0.15) is 0 Å². The molecule has 0 fully saturated rings. The Morgan fingerprint density at radius 2 is 2.13 bits per heavy atom. The van der Waals surface area contributed by atoms with Gasteiger partial charge in [-0.05, 0) is 29.6 Å². The molecule has 3 aromatic rings. The summed E-state index contributed by atoms with van der Waals surface area (Å²) in [6.45, 7) is 4.22. The minimum Gasteiger partial charge on any atom is -0.496 e. The number of hydrogen-bond donors (Lipinski definition) is 1. The standard InChI is InChI=1S/C20H19ClN4O4S2/c1-4-8-25-17(14-10-12(21)5-6-15(14)28-2)23-24-20(25)31-11-16(26)22-18-13(7-9-30-18)19(27)29-3/h4-7,9-10H,1,8,11H2,2-3H3,(H,22,26). The van der Waals surface area contributed by atoms with Gasteiger partial charge >= 0.3 is 5.97 Å². The topological polar surface area (TPSA) is 95.3 Å². The van der Waals surface area contributed by atoms with E-state index in [1.807, 2.05) is 4.57 Å². The second-order valence-electron chi connectivity index (χ2n) is 6.04. The molecule has 1 amide bonds. The molecule has 11 heteroatoms. The van der Waals surface area contributed by atoms with Crippen molar-refractivity contribution in [1.29, 1.82) is 0 Å². The number of thiophene rings is 1. The van der Waals surface area contributed by atoms with Crippen LogP contribution < -0.4 is 10.1 Å². The fraction of sp³-hybridized carbons (Fsp3) is 0.200. The Labute approximate surface area is 192 Å². The van der Waals surface area contributed by atoms with Crippen LogP contribution in [0.25, 0.3) is 11.4 Å². The minimum atomic E-state index is -0.505. The number of thioether (sulfide) groups is 1. The summed E-state index contributed by atoms with van der Waals surface area (Å²) in [5, 5.41) is 14.4. The zero-order valence-corrected chi connectivity index (χ0v) is 19.1. The van der Waals surface area contributed by atoms with Gasteiger partial charge in [0.2, 0.25) is 5.91 Å². The zero-order valence-electron chi connectivity index (χ0n) is 16.8. The molecule has 0 saturated carbocycles. The Bertz CT molecular complexity index is 1110. The first-order chi connectivity index (χ1) is 15.0. The molecule has 0 radical (unpaired) electrons. The van der Waals surface area contributed by atoms with Crippen molar-refractivity contribution < 1.29 is 19.1 Å². The normalized spacial score (nSPS) is 10.5. The minimum absolute atomic E-state index is 0.0699. The van der Waals surface area contributed by atoms with Gasteiger partial charge in [-0.1, -0.05) is 29.4 Å². The number of benzene rings is 1. The van der Waals surface area contributed by atoms with Crippen molar-refractivity contribution in [2.45, 2.75) is 11.7 Å². The van der Waals surface area contributed by atoms with Gasteiger partial charge in [0.25, 0.3) is 0 Å². The van der Waals surface area contributed by atoms with Gasteiger partial charge in [0.05, 0.1) is 31.1 Å². The number of aromatic nitrogens is 3. The first-order valence-corrected chi connectivity index (χ1v) is 11.2. The quantitative estimate of drug-likeness (QED) is 0.277. The number of anilines is 1. The maximum Gasteiger partial charge on any atom is 0.340 e. The number of methoxy groups -OCH3 is 2.